The van der Waals surface area contributed by atoms with Crippen molar-refractivity contribution in [3.63, 3.8) is 0 Å². The number of primary amides is 1. The Labute approximate surface area is 231 Å². The zero-order valence-corrected chi connectivity index (χ0v) is 21.9. The fourth-order valence-corrected chi connectivity index (χ4v) is 5.72. The Morgan fingerprint density at radius 1 is 1.12 bits per heavy atom. The van der Waals surface area contributed by atoms with Gasteiger partial charge < -0.3 is 16.2 Å². The minimum atomic E-state index is -0.558. The third-order valence-corrected chi connectivity index (χ3v) is 7.77. The predicted octanol–water partition coefficient (Wildman–Crippen LogP) is 3.76. The van der Waals surface area contributed by atoms with Crippen LogP contribution < -0.4 is 11.1 Å². The molecule has 204 valence electrons. The summed E-state index contributed by atoms with van der Waals surface area (Å²) in [5, 5.41) is 13.2. The number of carbonyl (C=O) groups is 2. The number of fused-ring (bicyclic) bond motifs is 1. The Kier molecular flexibility index (Phi) is 7.02. The topological polar surface area (TPSA) is 113 Å². The van der Waals surface area contributed by atoms with Gasteiger partial charge in [-0.3, -0.25) is 19.1 Å². The minimum Gasteiger partial charge on any atom is -0.392 e. The molecule has 0 radical (unpaired) electrons. The highest BCUT2D eigenvalue weighted by molar-refractivity contribution is 5.97. The Balaban J connectivity index is 1.24. The number of ketones is 1. The van der Waals surface area contributed by atoms with Crippen molar-refractivity contribution in [3.8, 4) is 16.8 Å². The second kappa shape index (κ2) is 10.8. The summed E-state index contributed by atoms with van der Waals surface area (Å²) in [6.45, 7) is 2.45. The van der Waals surface area contributed by atoms with Crippen LogP contribution in [0, 0.1) is 5.82 Å². The van der Waals surface area contributed by atoms with E-state index in [0.717, 1.165) is 29.7 Å². The molecule has 0 bridgehead atoms. The Hall–Kier alpha value is -4.18. The van der Waals surface area contributed by atoms with Crippen molar-refractivity contribution in [1.29, 1.82) is 0 Å². The molecule has 4 aromatic rings. The first kappa shape index (κ1) is 26.1. The number of aliphatic hydroxyl groups is 1. The molecule has 4 N–H and O–H groups in total. The highest BCUT2D eigenvalue weighted by Gasteiger charge is 2.29. The average Bonchev–Trinajstić information content (AvgIpc) is 3.53. The number of aromatic nitrogens is 2. The molecule has 1 aromatic heterocycles. The van der Waals surface area contributed by atoms with E-state index in [1.54, 1.807) is 41.2 Å². The van der Waals surface area contributed by atoms with E-state index in [-0.39, 0.29) is 24.1 Å². The summed E-state index contributed by atoms with van der Waals surface area (Å²) in [4.78, 5) is 31.8. The summed E-state index contributed by atoms with van der Waals surface area (Å²) in [7, 11) is 0. The molecule has 0 aliphatic carbocycles. The Bertz CT molecular complexity index is 1600. The van der Waals surface area contributed by atoms with E-state index in [2.05, 4.69) is 15.2 Å². The van der Waals surface area contributed by atoms with E-state index in [4.69, 9.17) is 5.73 Å². The lowest BCUT2D eigenvalue weighted by Crippen LogP contribution is -2.22. The zero-order valence-electron chi connectivity index (χ0n) is 21.9. The number of carbonyl (C=O) groups excluding carboxylic acids is 2. The highest BCUT2D eigenvalue weighted by atomic mass is 19.1. The third-order valence-electron chi connectivity index (χ3n) is 7.77. The van der Waals surface area contributed by atoms with Crippen LogP contribution in [0.4, 0.5) is 4.39 Å². The molecule has 2 aliphatic heterocycles. The first-order chi connectivity index (χ1) is 19.4. The lowest BCUT2D eigenvalue weighted by molar-refractivity contribution is 0.0964. The number of hydrogen-bond acceptors (Lipinski definition) is 6. The van der Waals surface area contributed by atoms with E-state index in [1.807, 2.05) is 30.3 Å². The SMILES string of the molecule is NC(=O)c1cccc(-n2cnc3c2C(=O)CC(c2ccc(-c4ccccc4CN4CC[C@@H](O)C4)cc2F)NC3)c1. The summed E-state index contributed by atoms with van der Waals surface area (Å²) in [6.07, 6.45) is 2.07. The summed E-state index contributed by atoms with van der Waals surface area (Å²) < 4.78 is 17.3. The van der Waals surface area contributed by atoms with Gasteiger partial charge in [-0.1, -0.05) is 42.5 Å². The standard InChI is InChI=1S/C31H30FN5O3/c32-26-13-19(24-7-2-1-4-21(24)16-36-11-10-23(38)17-36)8-9-25(26)27-14-29(39)30-28(15-34-27)35-18-37(30)22-6-3-5-20(12-22)31(33)40/h1-9,12-13,18,23,27,34,38H,10-11,14-17H2,(H2,33,40)/t23-,27?/m1/s1. The number of imidazole rings is 1. The van der Waals surface area contributed by atoms with Gasteiger partial charge in [0.25, 0.3) is 0 Å². The molecule has 0 spiro atoms. The van der Waals surface area contributed by atoms with Crippen LogP contribution in [0.2, 0.25) is 0 Å². The molecule has 1 amide bonds. The summed E-state index contributed by atoms with van der Waals surface area (Å²) in [5.41, 5.74) is 10.6. The van der Waals surface area contributed by atoms with E-state index in [1.165, 1.54) is 6.07 Å². The van der Waals surface area contributed by atoms with Crippen molar-refractivity contribution < 1.29 is 19.1 Å². The van der Waals surface area contributed by atoms with Crippen molar-refractivity contribution in [1.82, 2.24) is 19.8 Å². The second-order valence-electron chi connectivity index (χ2n) is 10.5. The molecule has 40 heavy (non-hydrogen) atoms. The number of benzene rings is 3. The molecule has 2 atom stereocenters. The van der Waals surface area contributed by atoms with Gasteiger partial charge in [-0.05, 0) is 47.4 Å². The number of β-amino-alcohol motifs (C(OH)–C–C–N with tert-alkyl or cyclic N) is 1. The van der Waals surface area contributed by atoms with Crippen LogP contribution in [0.5, 0.6) is 0 Å². The zero-order chi connectivity index (χ0) is 27.8. The molecule has 9 heteroatoms. The summed E-state index contributed by atoms with van der Waals surface area (Å²) in [5.74, 6) is -1.11. The molecule has 3 aromatic carbocycles. The molecule has 0 saturated carbocycles. The first-order valence-corrected chi connectivity index (χ1v) is 13.4. The first-order valence-electron chi connectivity index (χ1n) is 13.4. The van der Waals surface area contributed by atoms with E-state index in [9.17, 15) is 14.7 Å². The number of halogens is 1. The van der Waals surface area contributed by atoms with Crippen LogP contribution in [0.25, 0.3) is 16.8 Å². The number of amides is 1. The van der Waals surface area contributed by atoms with Gasteiger partial charge in [0.15, 0.2) is 5.78 Å². The number of likely N-dealkylation sites (tertiary alicyclic amines) is 1. The van der Waals surface area contributed by atoms with Crippen LogP contribution in [-0.2, 0) is 13.1 Å². The summed E-state index contributed by atoms with van der Waals surface area (Å²) in [6, 6.07) is 19.3. The fraction of sp³-hybridized carbons (Fsp3) is 0.258. The molecule has 1 saturated heterocycles. The Morgan fingerprint density at radius 3 is 2.75 bits per heavy atom. The van der Waals surface area contributed by atoms with Gasteiger partial charge in [0.05, 0.1) is 11.8 Å². The normalized spacial score (nSPS) is 19.4. The molecule has 2 aliphatic rings. The van der Waals surface area contributed by atoms with Gasteiger partial charge in [0.2, 0.25) is 5.91 Å². The van der Waals surface area contributed by atoms with Crippen molar-refractivity contribution in [2.24, 2.45) is 5.73 Å². The molecular formula is C31H30FN5O3. The van der Waals surface area contributed by atoms with Crippen LogP contribution >= 0.6 is 0 Å². The second-order valence-corrected chi connectivity index (χ2v) is 10.5. The van der Waals surface area contributed by atoms with E-state index >= 15 is 4.39 Å². The quantitative estimate of drug-likeness (QED) is 0.344. The van der Waals surface area contributed by atoms with Crippen molar-refractivity contribution >= 4 is 11.7 Å². The van der Waals surface area contributed by atoms with Gasteiger partial charge in [-0.15, -0.1) is 0 Å². The number of hydrogen-bond donors (Lipinski definition) is 3. The monoisotopic (exact) mass is 539 g/mol. The minimum absolute atomic E-state index is 0.0539. The number of rotatable bonds is 6. The number of nitrogens with zero attached hydrogens (tertiary/aromatic N) is 3. The van der Waals surface area contributed by atoms with Gasteiger partial charge in [0, 0.05) is 55.5 Å². The van der Waals surface area contributed by atoms with E-state index < -0.39 is 11.9 Å². The maximum absolute atomic E-state index is 15.6. The molecule has 3 heterocycles. The lowest BCUT2D eigenvalue weighted by atomic mass is 9.95. The number of Topliss-reactive ketones (excluding diaryl/α,β-unsaturated/α-hetero) is 1. The molecule has 8 nitrogen and oxygen atoms in total. The molecule has 6 rings (SSSR count). The van der Waals surface area contributed by atoms with Crippen LogP contribution in [0.3, 0.4) is 0 Å². The smallest absolute Gasteiger partial charge is 0.248 e. The molecule has 1 unspecified atom stereocenters. The fourth-order valence-electron chi connectivity index (χ4n) is 5.72. The highest BCUT2D eigenvalue weighted by Crippen LogP contribution is 2.32. The summed E-state index contributed by atoms with van der Waals surface area (Å²) >= 11 is 0. The van der Waals surface area contributed by atoms with Crippen molar-refractivity contribution in [2.45, 2.75) is 38.1 Å². The predicted molar refractivity (Wildman–Crippen MR) is 148 cm³/mol. The van der Waals surface area contributed by atoms with Crippen LogP contribution in [-0.4, -0.2) is 50.4 Å². The van der Waals surface area contributed by atoms with Gasteiger partial charge >= 0.3 is 0 Å². The van der Waals surface area contributed by atoms with Crippen LogP contribution in [0.15, 0.2) is 73.1 Å². The maximum atomic E-state index is 15.6. The van der Waals surface area contributed by atoms with Gasteiger partial charge in [0.1, 0.15) is 17.8 Å². The molecule has 1 fully saturated rings. The number of nitrogens with one attached hydrogen (secondary N) is 1. The average molecular weight is 540 g/mol. The van der Waals surface area contributed by atoms with E-state index in [0.29, 0.717) is 47.8 Å². The molecular weight excluding hydrogens is 509 g/mol. The number of nitrogens with two attached hydrogens (primary N) is 1. The third kappa shape index (κ3) is 5.06. The lowest BCUT2D eigenvalue weighted by Gasteiger charge is -2.19. The van der Waals surface area contributed by atoms with Crippen molar-refractivity contribution in [2.75, 3.05) is 13.1 Å². The van der Waals surface area contributed by atoms with Crippen molar-refractivity contribution in [3.05, 3.63) is 107 Å². The van der Waals surface area contributed by atoms with Gasteiger partial charge in [-0.25, -0.2) is 9.37 Å². The maximum Gasteiger partial charge on any atom is 0.248 e. The van der Waals surface area contributed by atoms with Crippen LogP contribution in [0.1, 0.15) is 56.6 Å². The number of aliphatic hydroxyl groups excluding tert-OH is 1. The Morgan fingerprint density at radius 2 is 1.98 bits per heavy atom. The largest absolute Gasteiger partial charge is 0.392 e. The van der Waals surface area contributed by atoms with Gasteiger partial charge in [-0.2, -0.15) is 0 Å².